The molecule has 0 radical (unpaired) electrons. The third kappa shape index (κ3) is 5.22. The molecule has 3 heterocycles. The molecule has 9 aromatic rings. The Bertz CT molecular complexity index is 2810. The number of fused-ring (bicyclic) bond motifs is 6. The van der Waals surface area contributed by atoms with Gasteiger partial charge in [0.15, 0.2) is 0 Å². The Hall–Kier alpha value is -6.29. The summed E-state index contributed by atoms with van der Waals surface area (Å²) in [4.78, 5) is 5.22. The van der Waals surface area contributed by atoms with Crippen molar-refractivity contribution in [2.45, 2.75) is 6.42 Å². The molecular formula is C48H32N2S. The third-order valence-electron chi connectivity index (χ3n) is 9.99. The minimum atomic E-state index is 0.952. The number of para-hydroxylation sites is 1. The van der Waals surface area contributed by atoms with Crippen LogP contribution in [0, 0.1) is 0 Å². The van der Waals surface area contributed by atoms with E-state index in [0.29, 0.717) is 0 Å². The van der Waals surface area contributed by atoms with E-state index in [4.69, 9.17) is 4.98 Å². The maximum atomic E-state index is 5.22. The predicted octanol–water partition coefficient (Wildman–Crippen LogP) is 13.6. The van der Waals surface area contributed by atoms with Crippen LogP contribution in [0.5, 0.6) is 0 Å². The van der Waals surface area contributed by atoms with Crippen LogP contribution < -0.4 is 0 Å². The van der Waals surface area contributed by atoms with Crippen molar-refractivity contribution in [3.63, 3.8) is 0 Å². The Morgan fingerprint density at radius 1 is 0.451 bits per heavy atom. The van der Waals surface area contributed by atoms with Gasteiger partial charge in [-0.25, -0.2) is 4.98 Å². The minimum absolute atomic E-state index is 0.952. The highest BCUT2D eigenvalue weighted by molar-refractivity contribution is 7.25. The third-order valence-corrected chi connectivity index (χ3v) is 11.1. The number of allylic oxidation sites excluding steroid dienone is 6. The largest absolute Gasteiger partial charge is 0.309 e. The van der Waals surface area contributed by atoms with Crippen molar-refractivity contribution in [3.05, 3.63) is 182 Å². The Morgan fingerprint density at radius 3 is 1.84 bits per heavy atom. The second kappa shape index (κ2) is 12.2. The summed E-state index contributed by atoms with van der Waals surface area (Å²) >= 11 is 1.85. The van der Waals surface area contributed by atoms with E-state index in [1.54, 1.807) is 0 Å². The van der Waals surface area contributed by atoms with Gasteiger partial charge in [-0.05, 0) is 95.4 Å². The first-order chi connectivity index (χ1) is 25.3. The summed E-state index contributed by atoms with van der Waals surface area (Å²) in [6, 6.07) is 55.0. The van der Waals surface area contributed by atoms with Gasteiger partial charge >= 0.3 is 0 Å². The highest BCUT2D eigenvalue weighted by atomic mass is 32.1. The molecule has 51 heavy (non-hydrogen) atoms. The Kier molecular flexibility index (Phi) is 7.11. The van der Waals surface area contributed by atoms with Crippen LogP contribution in [0.2, 0.25) is 0 Å². The molecule has 0 spiro atoms. The lowest BCUT2D eigenvalue weighted by molar-refractivity contribution is 1.24. The number of benzene rings is 6. The molecule has 1 aliphatic carbocycles. The number of rotatable bonds is 5. The van der Waals surface area contributed by atoms with E-state index < -0.39 is 0 Å². The lowest BCUT2D eigenvalue weighted by Crippen LogP contribution is -1.94. The van der Waals surface area contributed by atoms with Gasteiger partial charge < -0.3 is 4.57 Å². The average Bonchev–Trinajstić information content (AvgIpc) is 3.59. The van der Waals surface area contributed by atoms with Gasteiger partial charge in [-0.3, -0.25) is 0 Å². The van der Waals surface area contributed by atoms with Gasteiger partial charge in [0.2, 0.25) is 0 Å². The van der Waals surface area contributed by atoms with Gasteiger partial charge in [0.05, 0.1) is 22.4 Å². The summed E-state index contributed by atoms with van der Waals surface area (Å²) in [6.07, 6.45) is 12.0. The fraction of sp³-hybridized carbons (Fsp3) is 0.0208. The normalized spacial score (nSPS) is 13.0. The summed E-state index contributed by atoms with van der Waals surface area (Å²) in [6.45, 7) is 0. The molecule has 2 nitrogen and oxygen atoms in total. The predicted molar refractivity (Wildman–Crippen MR) is 219 cm³/mol. The molecule has 240 valence electrons. The summed E-state index contributed by atoms with van der Waals surface area (Å²) < 4.78 is 4.97. The van der Waals surface area contributed by atoms with E-state index in [2.05, 4.69) is 187 Å². The molecule has 0 bridgehead atoms. The molecule has 0 saturated heterocycles. The molecule has 6 aromatic carbocycles. The number of hydrogen-bond donors (Lipinski definition) is 0. The molecule has 10 rings (SSSR count). The van der Waals surface area contributed by atoms with Crippen LogP contribution >= 0.6 is 11.3 Å². The van der Waals surface area contributed by atoms with Gasteiger partial charge in [0, 0.05) is 47.8 Å². The molecular weight excluding hydrogens is 637 g/mol. The van der Waals surface area contributed by atoms with Crippen LogP contribution in [0.25, 0.3) is 92.4 Å². The lowest BCUT2D eigenvalue weighted by Gasteiger charge is -2.11. The highest BCUT2D eigenvalue weighted by Crippen LogP contribution is 2.41. The molecule has 0 aliphatic heterocycles. The van der Waals surface area contributed by atoms with Crippen molar-refractivity contribution in [2.75, 3.05) is 0 Å². The summed E-state index contributed by atoms with van der Waals surface area (Å²) in [7, 11) is 0. The topological polar surface area (TPSA) is 17.8 Å². The van der Waals surface area contributed by atoms with Crippen molar-refractivity contribution in [3.8, 4) is 44.8 Å². The first-order valence-electron chi connectivity index (χ1n) is 17.4. The summed E-state index contributed by atoms with van der Waals surface area (Å²) in [5.41, 5.74) is 12.6. The summed E-state index contributed by atoms with van der Waals surface area (Å²) in [5.74, 6) is 0. The van der Waals surface area contributed by atoms with Crippen LogP contribution in [0.4, 0.5) is 0 Å². The quantitative estimate of drug-likeness (QED) is 0.178. The minimum Gasteiger partial charge on any atom is -0.309 e. The van der Waals surface area contributed by atoms with Gasteiger partial charge in [-0.1, -0.05) is 115 Å². The SMILES string of the molecule is C1=CCC=CC(n2c3ccccc3c3cc(-c4ccc5sc6ccc(-c7cc(-c8ccccc8)cc(-c8ccccc8)n7)cc6c5c4)ccc32)=C1. The summed E-state index contributed by atoms with van der Waals surface area (Å²) in [5, 5.41) is 5.07. The first kappa shape index (κ1) is 29.6. The number of aromatic nitrogens is 2. The number of hydrogen-bond acceptors (Lipinski definition) is 2. The molecule has 0 N–H and O–H groups in total. The van der Waals surface area contributed by atoms with E-state index in [0.717, 1.165) is 34.5 Å². The molecule has 3 aromatic heterocycles. The standard InChI is InChI=1S/C48H32N2S/c1-2-10-18-38(17-9-1)50-45-20-12-11-19-39(45)40-27-34(21-24-46(40)50)35-22-25-47-41(28-35)42-29-36(23-26-48(42)51-47)44-31-37(32-13-5-3-6-14-32)30-43(49-44)33-15-7-4-8-16-33/h1,3-31H,2H2. The van der Waals surface area contributed by atoms with E-state index in [1.165, 1.54) is 64.4 Å². The van der Waals surface area contributed by atoms with Crippen LogP contribution in [-0.2, 0) is 0 Å². The highest BCUT2D eigenvalue weighted by Gasteiger charge is 2.16. The van der Waals surface area contributed by atoms with E-state index >= 15 is 0 Å². The first-order valence-corrected chi connectivity index (χ1v) is 18.3. The molecule has 1 aliphatic rings. The van der Waals surface area contributed by atoms with Crippen molar-refractivity contribution < 1.29 is 0 Å². The van der Waals surface area contributed by atoms with Gasteiger partial charge in [0.1, 0.15) is 0 Å². The Balaban J connectivity index is 1.11. The fourth-order valence-electron chi connectivity index (χ4n) is 7.50. The zero-order valence-corrected chi connectivity index (χ0v) is 28.6. The maximum Gasteiger partial charge on any atom is 0.0715 e. The van der Waals surface area contributed by atoms with Crippen LogP contribution in [-0.4, -0.2) is 9.55 Å². The molecule has 0 amide bonds. The van der Waals surface area contributed by atoms with Crippen molar-refractivity contribution in [1.82, 2.24) is 9.55 Å². The van der Waals surface area contributed by atoms with E-state index in [-0.39, 0.29) is 0 Å². The number of thiophene rings is 1. The van der Waals surface area contributed by atoms with Gasteiger partial charge in [-0.15, -0.1) is 11.3 Å². The number of pyridine rings is 1. The van der Waals surface area contributed by atoms with Crippen LogP contribution in [0.15, 0.2) is 182 Å². The van der Waals surface area contributed by atoms with Crippen LogP contribution in [0.3, 0.4) is 0 Å². The van der Waals surface area contributed by atoms with Crippen molar-refractivity contribution >= 4 is 59.0 Å². The lowest BCUT2D eigenvalue weighted by atomic mass is 9.98. The second-order valence-corrected chi connectivity index (χ2v) is 14.2. The zero-order valence-electron chi connectivity index (χ0n) is 27.8. The van der Waals surface area contributed by atoms with Gasteiger partial charge in [0.25, 0.3) is 0 Å². The fourth-order valence-corrected chi connectivity index (χ4v) is 8.56. The molecule has 3 heteroatoms. The van der Waals surface area contributed by atoms with E-state index in [9.17, 15) is 0 Å². The molecule has 0 atom stereocenters. The maximum absolute atomic E-state index is 5.22. The monoisotopic (exact) mass is 668 g/mol. The molecule has 0 fully saturated rings. The van der Waals surface area contributed by atoms with Gasteiger partial charge in [-0.2, -0.15) is 0 Å². The smallest absolute Gasteiger partial charge is 0.0715 e. The second-order valence-electron chi connectivity index (χ2n) is 13.1. The Labute approximate surface area is 300 Å². The van der Waals surface area contributed by atoms with Crippen molar-refractivity contribution in [2.24, 2.45) is 0 Å². The van der Waals surface area contributed by atoms with Crippen molar-refractivity contribution in [1.29, 1.82) is 0 Å². The van der Waals surface area contributed by atoms with Crippen LogP contribution in [0.1, 0.15) is 6.42 Å². The molecule has 0 saturated carbocycles. The number of nitrogens with zero attached hydrogens (tertiary/aromatic N) is 2. The molecule has 0 unspecified atom stereocenters. The Morgan fingerprint density at radius 2 is 1.06 bits per heavy atom. The zero-order chi connectivity index (χ0) is 33.7. The average molecular weight is 669 g/mol. The van der Waals surface area contributed by atoms with E-state index in [1.807, 2.05) is 11.3 Å².